The van der Waals surface area contributed by atoms with Crippen molar-refractivity contribution in [1.29, 1.82) is 5.26 Å². The van der Waals surface area contributed by atoms with Gasteiger partial charge in [0.25, 0.3) is 0 Å². The number of unbranched alkanes of at least 4 members (excludes halogenated alkanes) is 2. The lowest BCUT2D eigenvalue weighted by Gasteiger charge is -2.07. The molecule has 16 heavy (non-hydrogen) atoms. The number of benzene rings is 1. The van der Waals surface area contributed by atoms with Crippen molar-refractivity contribution in [2.24, 2.45) is 0 Å². The third-order valence-electron chi connectivity index (χ3n) is 2.04. The Morgan fingerprint density at radius 3 is 2.81 bits per heavy atom. The molecule has 86 valence electrons. The molecule has 0 atom stereocenters. The first kappa shape index (κ1) is 13.0. The van der Waals surface area contributed by atoms with E-state index < -0.39 is 0 Å². The van der Waals surface area contributed by atoms with Crippen molar-refractivity contribution >= 4 is 15.9 Å². The smallest absolute Gasteiger partial charge is 0.127 e. The molecular weight excluding hydrogens is 273 g/mol. The van der Waals surface area contributed by atoms with Gasteiger partial charge in [-0.3, -0.25) is 0 Å². The summed E-state index contributed by atoms with van der Waals surface area (Å²) in [4.78, 5) is 0. The Morgan fingerprint density at radius 1 is 1.31 bits per heavy atom. The Hall–Kier alpha value is -1.08. The molecule has 0 heterocycles. The zero-order valence-electron chi connectivity index (χ0n) is 8.88. The Kier molecular flexibility index (Phi) is 5.87. The van der Waals surface area contributed by atoms with Gasteiger partial charge in [0, 0.05) is 17.8 Å². The molecule has 4 heteroatoms. The van der Waals surface area contributed by atoms with Crippen LogP contribution in [0.5, 0.6) is 5.75 Å². The van der Waals surface area contributed by atoms with Crippen LogP contribution in [0.2, 0.25) is 0 Å². The minimum absolute atomic E-state index is 0.288. The number of halogens is 2. The van der Waals surface area contributed by atoms with Gasteiger partial charge in [-0.15, -0.1) is 0 Å². The summed E-state index contributed by atoms with van der Waals surface area (Å²) < 4.78 is 18.5. The molecule has 0 amide bonds. The summed E-state index contributed by atoms with van der Waals surface area (Å²) in [5.41, 5.74) is 0.854. The maximum Gasteiger partial charge on any atom is 0.127 e. The molecular formula is C12H13BrFNO. The van der Waals surface area contributed by atoms with Crippen LogP contribution in [-0.2, 0) is 5.33 Å². The molecule has 0 aliphatic rings. The average Bonchev–Trinajstić information content (AvgIpc) is 2.28. The quantitative estimate of drug-likeness (QED) is 0.588. The first-order valence-corrected chi connectivity index (χ1v) is 6.23. The fourth-order valence-electron chi connectivity index (χ4n) is 1.28. The molecule has 0 fully saturated rings. The Bertz CT molecular complexity index is 376. The minimum Gasteiger partial charge on any atom is -0.493 e. The molecule has 2 nitrogen and oxygen atoms in total. The molecule has 1 rings (SSSR count). The van der Waals surface area contributed by atoms with E-state index in [4.69, 9.17) is 10.00 Å². The van der Waals surface area contributed by atoms with Crippen molar-refractivity contribution in [3.05, 3.63) is 29.6 Å². The molecule has 0 saturated carbocycles. The van der Waals surface area contributed by atoms with E-state index in [-0.39, 0.29) is 5.82 Å². The minimum atomic E-state index is -0.288. The van der Waals surface area contributed by atoms with Crippen LogP contribution < -0.4 is 4.74 Å². The van der Waals surface area contributed by atoms with Crippen LogP contribution in [0.3, 0.4) is 0 Å². The SMILES string of the molecule is N#CCCCCOc1cc(F)cc(CBr)c1. The molecule has 0 bridgehead atoms. The summed E-state index contributed by atoms with van der Waals surface area (Å²) in [6.07, 6.45) is 2.17. The topological polar surface area (TPSA) is 33.0 Å². The second-order valence-corrected chi connectivity index (χ2v) is 3.95. The van der Waals surface area contributed by atoms with Crippen molar-refractivity contribution in [3.63, 3.8) is 0 Å². The zero-order valence-corrected chi connectivity index (χ0v) is 10.5. The first-order valence-electron chi connectivity index (χ1n) is 5.11. The van der Waals surface area contributed by atoms with Crippen molar-refractivity contribution < 1.29 is 9.13 Å². The lowest BCUT2D eigenvalue weighted by Crippen LogP contribution is -1.98. The highest BCUT2D eigenvalue weighted by molar-refractivity contribution is 9.08. The summed E-state index contributed by atoms with van der Waals surface area (Å²) in [5.74, 6) is 0.260. The van der Waals surface area contributed by atoms with Crippen LogP contribution in [0.1, 0.15) is 24.8 Å². The average molecular weight is 286 g/mol. The molecule has 0 aliphatic heterocycles. The van der Waals surface area contributed by atoms with E-state index in [1.165, 1.54) is 12.1 Å². The lowest BCUT2D eigenvalue weighted by molar-refractivity contribution is 0.306. The summed E-state index contributed by atoms with van der Waals surface area (Å²) in [6, 6.07) is 6.72. The fraction of sp³-hybridized carbons (Fsp3) is 0.417. The monoisotopic (exact) mass is 285 g/mol. The van der Waals surface area contributed by atoms with E-state index in [2.05, 4.69) is 22.0 Å². The summed E-state index contributed by atoms with van der Waals surface area (Å²) in [6.45, 7) is 0.521. The molecule has 1 aromatic rings. The van der Waals surface area contributed by atoms with Crippen LogP contribution in [0.15, 0.2) is 18.2 Å². The fourth-order valence-corrected chi connectivity index (χ4v) is 1.60. The highest BCUT2D eigenvalue weighted by Gasteiger charge is 2.00. The second kappa shape index (κ2) is 7.24. The van der Waals surface area contributed by atoms with Crippen molar-refractivity contribution in [2.75, 3.05) is 6.61 Å². The highest BCUT2D eigenvalue weighted by atomic mass is 79.9. The van der Waals surface area contributed by atoms with Gasteiger partial charge in [-0.05, 0) is 30.5 Å². The van der Waals surface area contributed by atoms with Crippen molar-refractivity contribution in [1.82, 2.24) is 0 Å². The van der Waals surface area contributed by atoms with Crippen molar-refractivity contribution in [2.45, 2.75) is 24.6 Å². The highest BCUT2D eigenvalue weighted by Crippen LogP contribution is 2.18. The van der Waals surface area contributed by atoms with Crippen molar-refractivity contribution in [3.8, 4) is 11.8 Å². The predicted octanol–water partition coefficient (Wildman–Crippen LogP) is 3.79. The first-order chi connectivity index (χ1) is 7.76. The number of hydrogen-bond donors (Lipinski definition) is 0. The number of nitrogens with zero attached hydrogens (tertiary/aromatic N) is 1. The molecule has 0 N–H and O–H groups in total. The maximum absolute atomic E-state index is 13.1. The normalized spacial score (nSPS) is 9.81. The third-order valence-corrected chi connectivity index (χ3v) is 2.68. The predicted molar refractivity (Wildman–Crippen MR) is 64.0 cm³/mol. The van der Waals surface area contributed by atoms with Gasteiger partial charge in [-0.2, -0.15) is 5.26 Å². The maximum atomic E-state index is 13.1. The number of nitriles is 1. The van der Waals surface area contributed by atoms with Crippen LogP contribution in [0.25, 0.3) is 0 Å². The number of rotatable bonds is 6. The van der Waals surface area contributed by atoms with Crippen LogP contribution >= 0.6 is 15.9 Å². The molecule has 0 saturated heterocycles. The molecule has 1 aromatic carbocycles. The van der Waals surface area contributed by atoms with E-state index in [1.807, 2.05) is 6.07 Å². The lowest BCUT2D eigenvalue weighted by atomic mass is 10.2. The van der Waals surface area contributed by atoms with Crippen LogP contribution in [0, 0.1) is 17.1 Å². The van der Waals surface area contributed by atoms with E-state index >= 15 is 0 Å². The van der Waals surface area contributed by atoms with Gasteiger partial charge in [-0.1, -0.05) is 15.9 Å². The van der Waals surface area contributed by atoms with Crippen LogP contribution in [-0.4, -0.2) is 6.61 Å². The van der Waals surface area contributed by atoms with Gasteiger partial charge in [0.2, 0.25) is 0 Å². The van der Waals surface area contributed by atoms with E-state index in [9.17, 15) is 4.39 Å². The summed E-state index contributed by atoms with van der Waals surface area (Å²) >= 11 is 3.27. The Labute approximate surface area is 103 Å². The molecule has 0 radical (unpaired) electrons. The van der Waals surface area contributed by atoms with Gasteiger partial charge in [0.1, 0.15) is 11.6 Å². The Balaban J connectivity index is 2.41. The second-order valence-electron chi connectivity index (χ2n) is 3.39. The number of ether oxygens (including phenoxy) is 1. The molecule has 0 aliphatic carbocycles. The standard InChI is InChI=1S/C12H13BrFNO/c13-9-10-6-11(14)8-12(7-10)16-5-3-1-2-4-15/h6-8H,1-3,5,9H2. The number of alkyl halides is 1. The van der Waals surface area contributed by atoms with E-state index in [0.717, 1.165) is 18.4 Å². The van der Waals surface area contributed by atoms with E-state index in [0.29, 0.717) is 24.1 Å². The van der Waals surface area contributed by atoms with Gasteiger partial charge in [0.05, 0.1) is 12.7 Å². The third kappa shape index (κ3) is 4.63. The Morgan fingerprint density at radius 2 is 2.12 bits per heavy atom. The summed E-state index contributed by atoms with van der Waals surface area (Å²) in [7, 11) is 0. The largest absolute Gasteiger partial charge is 0.493 e. The number of hydrogen-bond acceptors (Lipinski definition) is 2. The van der Waals surface area contributed by atoms with Gasteiger partial charge < -0.3 is 4.74 Å². The molecule has 0 spiro atoms. The molecule has 0 unspecified atom stereocenters. The summed E-state index contributed by atoms with van der Waals surface area (Å²) in [5, 5.41) is 8.95. The zero-order chi connectivity index (χ0) is 11.8. The molecule has 0 aromatic heterocycles. The van der Waals surface area contributed by atoms with E-state index in [1.54, 1.807) is 0 Å². The van der Waals surface area contributed by atoms with Crippen LogP contribution in [0.4, 0.5) is 4.39 Å². The van der Waals surface area contributed by atoms with Gasteiger partial charge >= 0.3 is 0 Å². The van der Waals surface area contributed by atoms with Gasteiger partial charge in [-0.25, -0.2) is 4.39 Å². The van der Waals surface area contributed by atoms with Gasteiger partial charge in [0.15, 0.2) is 0 Å².